The smallest absolute Gasteiger partial charge is 0.103 e. The molecule has 0 bridgehead atoms. The van der Waals surface area contributed by atoms with Crippen molar-refractivity contribution in [1.82, 2.24) is 0 Å². The first-order valence-electron chi connectivity index (χ1n) is 1.53. The lowest BCUT2D eigenvalue weighted by atomic mass is 12.0. The van der Waals surface area contributed by atoms with Gasteiger partial charge in [0.15, 0.2) is 0 Å². The minimum absolute atomic E-state index is 1.52. The van der Waals surface area contributed by atoms with Gasteiger partial charge in [-0.05, 0) is 12.5 Å². The van der Waals surface area contributed by atoms with Crippen LogP contribution in [0, 0.1) is 0 Å². The minimum atomic E-state index is -1.52. The first-order chi connectivity index (χ1) is 3.12. The van der Waals surface area contributed by atoms with E-state index >= 15 is 0 Å². The Morgan fingerprint density at radius 3 is 1.71 bits per heavy atom. The summed E-state index contributed by atoms with van der Waals surface area (Å²) in [6.45, 7) is 0. The fraction of sp³-hybridized carbons (Fsp3) is 1.00. The van der Waals surface area contributed by atoms with E-state index in [4.69, 9.17) is 23.0 Å². The van der Waals surface area contributed by atoms with Crippen LogP contribution >= 0.6 is 37.8 Å². The molecule has 0 radical (unpaired) electrons. The van der Waals surface area contributed by atoms with Crippen LogP contribution in [0.2, 0.25) is 0 Å². The van der Waals surface area contributed by atoms with Gasteiger partial charge in [0.05, 0.1) is 0 Å². The Kier molecular flexibility index (Phi) is 4.47. The Balaban J connectivity index is 3.61. The fourth-order valence-electron chi connectivity index (χ4n) is 0.0745. The summed E-state index contributed by atoms with van der Waals surface area (Å²) in [6, 6.07) is 0. The second kappa shape index (κ2) is 3.62. The van der Waals surface area contributed by atoms with Crippen molar-refractivity contribution in [2.24, 2.45) is 0 Å². The SMILES string of the molecule is CSP(=S)(Cl)SC. The third kappa shape index (κ3) is 4.16. The molecule has 0 aromatic heterocycles. The van der Waals surface area contributed by atoms with Gasteiger partial charge in [0.1, 0.15) is 3.79 Å². The minimum Gasteiger partial charge on any atom is -0.103 e. The molecule has 0 aliphatic carbocycles. The van der Waals surface area contributed by atoms with Gasteiger partial charge in [-0.1, -0.05) is 23.0 Å². The summed E-state index contributed by atoms with van der Waals surface area (Å²) < 4.78 is -1.52. The predicted octanol–water partition coefficient (Wildman–Crippen LogP) is 3.18. The summed E-state index contributed by atoms with van der Waals surface area (Å²) in [5.41, 5.74) is 0. The topological polar surface area (TPSA) is 0 Å². The van der Waals surface area contributed by atoms with Crippen LogP contribution in [-0.2, 0) is 11.8 Å². The van der Waals surface area contributed by atoms with Crippen molar-refractivity contribution >= 4 is 49.6 Å². The van der Waals surface area contributed by atoms with Gasteiger partial charge in [0.2, 0.25) is 0 Å². The van der Waals surface area contributed by atoms with E-state index in [1.807, 2.05) is 12.5 Å². The number of hydrogen-bond donors (Lipinski definition) is 0. The highest BCUT2D eigenvalue weighted by molar-refractivity contribution is 9.06. The van der Waals surface area contributed by atoms with E-state index in [1.165, 1.54) is 0 Å². The molecular weight excluding hydrogens is 187 g/mol. The van der Waals surface area contributed by atoms with Gasteiger partial charge in [-0.3, -0.25) is 0 Å². The van der Waals surface area contributed by atoms with E-state index in [-0.39, 0.29) is 0 Å². The molecule has 0 aromatic carbocycles. The summed E-state index contributed by atoms with van der Waals surface area (Å²) in [7, 11) is 0. The van der Waals surface area contributed by atoms with Crippen LogP contribution in [0.4, 0.5) is 0 Å². The summed E-state index contributed by atoms with van der Waals surface area (Å²) in [5, 5.41) is 0. The van der Waals surface area contributed by atoms with E-state index in [0.717, 1.165) is 0 Å². The highest BCUT2D eigenvalue weighted by Crippen LogP contribution is 2.71. The predicted molar refractivity (Wildman–Crippen MR) is 47.2 cm³/mol. The Morgan fingerprint density at radius 1 is 1.43 bits per heavy atom. The van der Waals surface area contributed by atoms with Gasteiger partial charge in [-0.2, -0.15) is 0 Å². The van der Waals surface area contributed by atoms with Crippen LogP contribution in [0.15, 0.2) is 0 Å². The van der Waals surface area contributed by atoms with E-state index in [1.54, 1.807) is 22.8 Å². The van der Waals surface area contributed by atoms with Gasteiger partial charge in [0, 0.05) is 0 Å². The maximum absolute atomic E-state index is 5.76. The van der Waals surface area contributed by atoms with Gasteiger partial charge in [-0.25, -0.2) is 0 Å². The molecule has 0 spiro atoms. The summed E-state index contributed by atoms with van der Waals surface area (Å²) in [4.78, 5) is 0. The summed E-state index contributed by atoms with van der Waals surface area (Å²) in [6.07, 6.45) is 3.90. The van der Waals surface area contributed by atoms with E-state index < -0.39 is 3.79 Å². The average Bonchev–Trinajstić information content (AvgIpc) is 1.68. The molecule has 44 valence electrons. The molecule has 7 heavy (non-hydrogen) atoms. The average molecular weight is 193 g/mol. The van der Waals surface area contributed by atoms with Crippen LogP contribution in [-0.4, -0.2) is 12.5 Å². The summed E-state index contributed by atoms with van der Waals surface area (Å²) in [5.74, 6) is 0. The molecule has 5 heteroatoms. The molecule has 0 unspecified atom stereocenters. The zero-order chi connectivity index (χ0) is 5.91. The number of halogens is 1. The first-order valence-corrected chi connectivity index (χ1v) is 8.90. The lowest BCUT2D eigenvalue weighted by Crippen LogP contribution is -1.46. The van der Waals surface area contributed by atoms with Gasteiger partial charge in [-0.15, -0.1) is 22.8 Å². The van der Waals surface area contributed by atoms with Crippen molar-refractivity contribution in [1.29, 1.82) is 0 Å². The second-order valence-corrected chi connectivity index (χ2v) is 14.9. The van der Waals surface area contributed by atoms with Crippen molar-refractivity contribution < 1.29 is 0 Å². The molecule has 0 aliphatic heterocycles. The van der Waals surface area contributed by atoms with Crippen LogP contribution in [0.1, 0.15) is 0 Å². The highest BCUT2D eigenvalue weighted by Gasteiger charge is 2.05. The molecular formula is C2H6ClPS3. The molecule has 0 heterocycles. The van der Waals surface area contributed by atoms with E-state index in [0.29, 0.717) is 0 Å². The van der Waals surface area contributed by atoms with Crippen molar-refractivity contribution in [2.45, 2.75) is 0 Å². The molecule has 0 aromatic rings. The maximum atomic E-state index is 5.76. The molecule has 0 saturated carbocycles. The molecule has 0 fully saturated rings. The molecule has 0 aliphatic rings. The second-order valence-electron chi connectivity index (χ2n) is 0.796. The normalized spacial score (nSPS) is 11.9. The Hall–Kier alpha value is 1.64. The van der Waals surface area contributed by atoms with Gasteiger partial charge < -0.3 is 0 Å². The van der Waals surface area contributed by atoms with Gasteiger partial charge in [0.25, 0.3) is 0 Å². The maximum Gasteiger partial charge on any atom is 0.139 e. The molecule has 0 N–H and O–H groups in total. The van der Waals surface area contributed by atoms with Crippen molar-refractivity contribution in [2.75, 3.05) is 12.5 Å². The Labute approximate surface area is 62.1 Å². The Morgan fingerprint density at radius 2 is 1.71 bits per heavy atom. The third-order valence-electron chi connectivity index (χ3n) is 0.436. The highest BCUT2D eigenvalue weighted by atomic mass is 35.7. The first kappa shape index (κ1) is 8.64. The standard InChI is InChI=1S/C2H6ClPS3/c1-6-4(3,5)7-2/h1-2H3. The zero-order valence-corrected chi connectivity index (χ0v) is 8.15. The lowest BCUT2D eigenvalue weighted by Gasteiger charge is -2.02. The van der Waals surface area contributed by atoms with Crippen molar-refractivity contribution in [3.63, 3.8) is 0 Å². The molecule has 0 rings (SSSR count). The van der Waals surface area contributed by atoms with Crippen LogP contribution in [0.5, 0.6) is 0 Å². The van der Waals surface area contributed by atoms with Gasteiger partial charge >= 0.3 is 0 Å². The van der Waals surface area contributed by atoms with Crippen molar-refractivity contribution in [3.05, 3.63) is 0 Å². The van der Waals surface area contributed by atoms with E-state index in [9.17, 15) is 0 Å². The lowest BCUT2D eigenvalue weighted by molar-refractivity contribution is 2.53. The monoisotopic (exact) mass is 192 g/mol. The Bertz CT molecular complexity index is 84.9. The summed E-state index contributed by atoms with van der Waals surface area (Å²) >= 11 is 13.9. The van der Waals surface area contributed by atoms with E-state index in [2.05, 4.69) is 0 Å². The molecule has 0 atom stereocenters. The van der Waals surface area contributed by atoms with Crippen LogP contribution in [0.25, 0.3) is 0 Å². The molecule has 0 nitrogen and oxygen atoms in total. The van der Waals surface area contributed by atoms with Crippen LogP contribution in [0.3, 0.4) is 0 Å². The zero-order valence-electron chi connectivity index (χ0n) is 4.05. The molecule has 0 amide bonds. The third-order valence-corrected chi connectivity index (χ3v) is 11.8. The molecule has 0 saturated heterocycles. The number of hydrogen-bond acceptors (Lipinski definition) is 3. The van der Waals surface area contributed by atoms with Crippen LogP contribution < -0.4 is 0 Å². The number of rotatable bonds is 2. The quantitative estimate of drug-likeness (QED) is 0.617. The fourth-order valence-corrected chi connectivity index (χ4v) is 2.01. The van der Waals surface area contributed by atoms with Crippen molar-refractivity contribution in [3.8, 4) is 0 Å². The largest absolute Gasteiger partial charge is 0.139 e.